The molecule has 0 aliphatic carbocycles. The maximum atomic E-state index is 13.2. The van der Waals surface area contributed by atoms with Gasteiger partial charge in [-0.1, -0.05) is 22.0 Å². The Morgan fingerprint density at radius 3 is 2.50 bits per heavy atom. The average molecular weight is 285 g/mol. The Kier molecular flexibility index (Phi) is 5.59. The smallest absolute Gasteiger partial charge is 0.129 e. The van der Waals surface area contributed by atoms with E-state index in [2.05, 4.69) is 15.9 Å². The molecule has 1 aromatic rings. The highest BCUT2D eigenvalue weighted by Gasteiger charge is 2.15. The fraction of sp³-hybridized carbons (Fsp3) is 0.333. The maximum absolute atomic E-state index is 13.2. The van der Waals surface area contributed by atoms with E-state index in [4.69, 9.17) is 10.8 Å². The van der Waals surface area contributed by atoms with E-state index in [9.17, 15) is 4.39 Å². The molecule has 0 radical (unpaired) electrons. The highest BCUT2D eigenvalue weighted by Crippen LogP contribution is 2.21. The molecule has 0 bridgehead atoms. The monoisotopic (exact) mass is 283 g/mol. The number of nitrogens with two attached hydrogens (primary N) is 1. The zero-order valence-electron chi connectivity index (χ0n) is 7.58. The van der Waals surface area contributed by atoms with Crippen LogP contribution in [0.3, 0.4) is 0 Å². The Labute approximate surface area is 96.8 Å². The molecule has 0 fully saturated rings. The number of benzene rings is 1. The van der Waals surface area contributed by atoms with Crippen LogP contribution >= 0.6 is 28.3 Å². The zero-order valence-corrected chi connectivity index (χ0v) is 9.98. The molecule has 0 spiro atoms. The summed E-state index contributed by atoms with van der Waals surface area (Å²) < 4.78 is 13.9. The van der Waals surface area contributed by atoms with Gasteiger partial charge in [0.15, 0.2) is 0 Å². The van der Waals surface area contributed by atoms with Gasteiger partial charge in [-0.05, 0) is 19.1 Å². The van der Waals surface area contributed by atoms with Crippen LogP contribution in [0.2, 0.25) is 0 Å². The largest absolute Gasteiger partial charge is 0.391 e. The number of rotatable bonds is 2. The van der Waals surface area contributed by atoms with Crippen molar-refractivity contribution in [3.63, 3.8) is 0 Å². The van der Waals surface area contributed by atoms with Gasteiger partial charge in [0.25, 0.3) is 0 Å². The molecule has 0 aliphatic heterocycles. The van der Waals surface area contributed by atoms with E-state index in [0.29, 0.717) is 10.0 Å². The minimum atomic E-state index is -0.754. The van der Waals surface area contributed by atoms with Crippen LogP contribution in [0.15, 0.2) is 22.7 Å². The first kappa shape index (κ1) is 13.8. The number of aliphatic hydroxyl groups is 1. The Morgan fingerprint density at radius 2 is 2.07 bits per heavy atom. The average Bonchev–Trinajstić information content (AvgIpc) is 2.03. The van der Waals surface area contributed by atoms with Gasteiger partial charge in [-0.3, -0.25) is 0 Å². The lowest BCUT2D eigenvalue weighted by Crippen LogP contribution is -2.24. The minimum absolute atomic E-state index is 0. The van der Waals surface area contributed by atoms with E-state index in [1.807, 2.05) is 0 Å². The van der Waals surface area contributed by atoms with Gasteiger partial charge >= 0.3 is 0 Å². The van der Waals surface area contributed by atoms with E-state index in [1.54, 1.807) is 12.1 Å². The lowest BCUT2D eigenvalue weighted by molar-refractivity contribution is 0.162. The first-order chi connectivity index (χ1) is 6.02. The molecule has 0 aromatic heterocycles. The molecule has 3 N–H and O–H groups in total. The van der Waals surface area contributed by atoms with Crippen molar-refractivity contribution in [2.45, 2.75) is 19.1 Å². The van der Waals surface area contributed by atoms with Gasteiger partial charge in [0.2, 0.25) is 0 Å². The molecule has 0 saturated heterocycles. The van der Waals surface area contributed by atoms with E-state index < -0.39 is 18.0 Å². The van der Waals surface area contributed by atoms with Gasteiger partial charge < -0.3 is 10.8 Å². The third-order valence-corrected chi connectivity index (χ3v) is 2.33. The van der Waals surface area contributed by atoms with Gasteiger partial charge in [-0.25, -0.2) is 4.39 Å². The molecular weight excluding hydrogens is 272 g/mol. The molecule has 14 heavy (non-hydrogen) atoms. The van der Waals surface area contributed by atoms with Crippen molar-refractivity contribution in [2.75, 3.05) is 0 Å². The summed E-state index contributed by atoms with van der Waals surface area (Å²) in [6.45, 7) is 1.53. The van der Waals surface area contributed by atoms with Crippen molar-refractivity contribution in [1.29, 1.82) is 0 Å². The van der Waals surface area contributed by atoms with Gasteiger partial charge in [0.05, 0.1) is 12.1 Å². The highest BCUT2D eigenvalue weighted by atomic mass is 79.9. The minimum Gasteiger partial charge on any atom is -0.391 e. The Balaban J connectivity index is 0.00000169. The van der Waals surface area contributed by atoms with Crippen LogP contribution in [0.5, 0.6) is 0 Å². The van der Waals surface area contributed by atoms with Crippen molar-refractivity contribution >= 4 is 28.3 Å². The normalized spacial score (nSPS) is 14.4. The standard InChI is InChI=1S/C9H11BrFNO.ClH/c1-5(13)9(12)7-3-2-6(10)4-8(7)11;/h2-5,9,13H,12H2,1H3;1H/t5-,9-;/m0./s1. The molecular formula is C9H12BrClFNO. The molecule has 0 amide bonds. The van der Waals surface area contributed by atoms with Crippen molar-refractivity contribution in [2.24, 2.45) is 5.73 Å². The third-order valence-electron chi connectivity index (χ3n) is 1.84. The number of hydrogen-bond acceptors (Lipinski definition) is 2. The van der Waals surface area contributed by atoms with Crippen LogP contribution in [0.1, 0.15) is 18.5 Å². The summed E-state index contributed by atoms with van der Waals surface area (Å²) in [6, 6.07) is 3.92. The summed E-state index contributed by atoms with van der Waals surface area (Å²) in [4.78, 5) is 0. The number of hydrogen-bond donors (Lipinski definition) is 2. The fourth-order valence-electron chi connectivity index (χ4n) is 1.03. The molecule has 0 saturated carbocycles. The van der Waals surface area contributed by atoms with E-state index in [1.165, 1.54) is 13.0 Å². The van der Waals surface area contributed by atoms with Crippen molar-refractivity contribution < 1.29 is 9.50 Å². The number of aliphatic hydroxyl groups excluding tert-OH is 1. The second-order valence-corrected chi connectivity index (χ2v) is 3.85. The lowest BCUT2D eigenvalue weighted by Gasteiger charge is -2.15. The Bertz CT molecular complexity index is 309. The second kappa shape index (κ2) is 5.66. The molecule has 0 heterocycles. The van der Waals surface area contributed by atoms with Crippen LogP contribution in [0.25, 0.3) is 0 Å². The highest BCUT2D eigenvalue weighted by molar-refractivity contribution is 9.10. The first-order valence-corrected chi connectivity index (χ1v) is 4.70. The summed E-state index contributed by atoms with van der Waals surface area (Å²) in [5.41, 5.74) is 5.92. The SMILES string of the molecule is C[C@H](O)[C@H](N)c1ccc(Br)cc1F.Cl. The van der Waals surface area contributed by atoms with Crippen LogP contribution in [-0.2, 0) is 0 Å². The van der Waals surface area contributed by atoms with Gasteiger partial charge in [-0.15, -0.1) is 12.4 Å². The predicted octanol–water partition coefficient (Wildman–Crippen LogP) is 2.39. The maximum Gasteiger partial charge on any atom is 0.129 e. The fourth-order valence-corrected chi connectivity index (χ4v) is 1.36. The second-order valence-electron chi connectivity index (χ2n) is 2.93. The molecule has 80 valence electrons. The molecule has 5 heteroatoms. The topological polar surface area (TPSA) is 46.2 Å². The van der Waals surface area contributed by atoms with Crippen LogP contribution in [-0.4, -0.2) is 11.2 Å². The summed E-state index contributed by atoms with van der Waals surface area (Å²) >= 11 is 3.14. The van der Waals surface area contributed by atoms with E-state index in [-0.39, 0.29) is 12.4 Å². The molecule has 2 atom stereocenters. The van der Waals surface area contributed by atoms with Crippen molar-refractivity contribution in [1.82, 2.24) is 0 Å². The Morgan fingerprint density at radius 1 is 1.50 bits per heavy atom. The van der Waals surface area contributed by atoms with Gasteiger partial charge in [0.1, 0.15) is 5.82 Å². The predicted molar refractivity (Wildman–Crippen MR) is 60.0 cm³/mol. The first-order valence-electron chi connectivity index (χ1n) is 3.91. The van der Waals surface area contributed by atoms with Crippen molar-refractivity contribution in [3.05, 3.63) is 34.1 Å². The Hall–Kier alpha value is -0.160. The molecule has 1 rings (SSSR count). The van der Waals surface area contributed by atoms with E-state index >= 15 is 0 Å². The quantitative estimate of drug-likeness (QED) is 0.876. The van der Waals surface area contributed by atoms with E-state index in [0.717, 1.165) is 0 Å². The molecule has 0 unspecified atom stereocenters. The van der Waals surface area contributed by atoms with Crippen LogP contribution in [0, 0.1) is 5.82 Å². The third kappa shape index (κ3) is 3.20. The lowest BCUT2D eigenvalue weighted by atomic mass is 10.0. The molecule has 1 aromatic carbocycles. The van der Waals surface area contributed by atoms with Crippen LogP contribution in [0.4, 0.5) is 4.39 Å². The summed E-state index contributed by atoms with van der Waals surface area (Å²) in [6.07, 6.45) is -0.754. The van der Waals surface area contributed by atoms with Gasteiger partial charge in [-0.2, -0.15) is 0 Å². The van der Waals surface area contributed by atoms with Crippen LogP contribution < -0.4 is 5.73 Å². The number of halogens is 3. The molecule has 2 nitrogen and oxygen atoms in total. The van der Waals surface area contributed by atoms with Crippen molar-refractivity contribution in [3.8, 4) is 0 Å². The molecule has 0 aliphatic rings. The zero-order chi connectivity index (χ0) is 10.0. The summed E-state index contributed by atoms with van der Waals surface area (Å²) in [5, 5.41) is 9.16. The summed E-state index contributed by atoms with van der Waals surface area (Å²) in [7, 11) is 0. The summed E-state index contributed by atoms with van der Waals surface area (Å²) in [5.74, 6) is -0.400. The van der Waals surface area contributed by atoms with Gasteiger partial charge in [0, 0.05) is 10.0 Å².